The molecule has 0 heterocycles. The minimum atomic E-state index is -5.14. The number of primary amides is 1. The predicted molar refractivity (Wildman–Crippen MR) is 176 cm³/mol. The Morgan fingerprint density at radius 1 is 0.600 bits per heavy atom. The first-order valence-electron chi connectivity index (χ1n) is 15.9. The number of nitrogens with one attached hydrogen (secondary N) is 1. The number of carbonyl (C=O) groups excluding carboxylic acids is 2. The molecular formula is C35H46F3N2O4P. The van der Waals surface area contributed by atoms with E-state index in [0.717, 1.165) is 57.8 Å². The summed E-state index contributed by atoms with van der Waals surface area (Å²) in [6.07, 6.45) is 7.36. The van der Waals surface area contributed by atoms with Gasteiger partial charge in [0.2, 0.25) is 0 Å². The van der Waals surface area contributed by atoms with Gasteiger partial charge in [0.25, 0.3) is 0 Å². The van der Waals surface area contributed by atoms with Crippen LogP contribution < -0.4 is 27.1 Å². The molecule has 0 saturated heterocycles. The number of unbranched alkanes of at least 4 members (excludes halogenated alkanes) is 11. The minimum absolute atomic E-state index is 0.287. The van der Waals surface area contributed by atoms with Gasteiger partial charge < -0.3 is 5.73 Å². The summed E-state index contributed by atoms with van der Waals surface area (Å²) >= 11 is 0. The summed E-state index contributed by atoms with van der Waals surface area (Å²) in [5.41, 5.74) is 7.05. The molecule has 0 fully saturated rings. The van der Waals surface area contributed by atoms with Crippen molar-refractivity contribution < 1.29 is 32.1 Å². The Balaban J connectivity index is 1.65. The maximum absolute atomic E-state index is 14.0. The molecule has 2 amide bonds. The van der Waals surface area contributed by atoms with Gasteiger partial charge >= 0.3 is 231 Å². The second kappa shape index (κ2) is 17.9. The van der Waals surface area contributed by atoms with Gasteiger partial charge in [0.1, 0.15) is 0 Å². The van der Waals surface area contributed by atoms with Crippen molar-refractivity contribution in [1.82, 2.24) is 5.48 Å². The van der Waals surface area contributed by atoms with Gasteiger partial charge in [-0.3, -0.25) is 4.84 Å². The van der Waals surface area contributed by atoms with Gasteiger partial charge in [0, 0.05) is 0 Å². The first-order valence-corrected chi connectivity index (χ1v) is 18.2. The molecule has 246 valence electrons. The Labute approximate surface area is 264 Å². The summed E-state index contributed by atoms with van der Waals surface area (Å²) in [6.45, 7) is -3.93. The van der Waals surface area contributed by atoms with Crippen LogP contribution >= 0.6 is 6.83 Å². The van der Waals surface area contributed by atoms with Crippen LogP contribution in [0, 0.1) is 0 Å². The van der Waals surface area contributed by atoms with Crippen molar-refractivity contribution in [3.63, 3.8) is 0 Å². The molecule has 0 unspecified atom stereocenters. The fourth-order valence-electron chi connectivity index (χ4n) is 5.98. The summed E-state index contributed by atoms with van der Waals surface area (Å²) in [6, 6.07) is 26.3. The topological polar surface area (TPSA) is 90.7 Å². The molecule has 45 heavy (non-hydrogen) atoms. The van der Waals surface area contributed by atoms with Crippen LogP contribution in [0.5, 0.6) is 0 Å². The zero-order chi connectivity index (χ0) is 32.5. The fraction of sp³-hybridized carbons (Fsp3) is 0.429. The molecular weight excluding hydrogens is 600 g/mol. The quantitative estimate of drug-likeness (QED) is 0.0744. The molecule has 3 N–H and O–H groups in total. The van der Waals surface area contributed by atoms with E-state index in [-0.39, 0.29) is 6.16 Å². The molecule has 10 heteroatoms. The van der Waals surface area contributed by atoms with E-state index in [9.17, 15) is 22.8 Å². The van der Waals surface area contributed by atoms with Crippen molar-refractivity contribution in [3.8, 4) is 0 Å². The average molecular weight is 647 g/mol. The van der Waals surface area contributed by atoms with Crippen LogP contribution in [0.25, 0.3) is 0 Å². The van der Waals surface area contributed by atoms with Crippen molar-refractivity contribution in [2.45, 2.75) is 83.2 Å². The van der Waals surface area contributed by atoms with Gasteiger partial charge in [-0.2, -0.15) is 0 Å². The van der Waals surface area contributed by atoms with E-state index in [2.05, 4.69) is 5.48 Å². The van der Waals surface area contributed by atoms with E-state index in [1.54, 1.807) is 72.8 Å². The number of hydroxylamine groups is 1. The SMILES string of the molecule is NC(=O)NOCCCCCCCCCCCCCCP(OC(=O)C(F)(F)F)(c1ccccc1)(c1ccccc1)c1ccccc1. The van der Waals surface area contributed by atoms with E-state index in [1.165, 1.54) is 12.8 Å². The first kappa shape index (κ1) is 36.1. The summed E-state index contributed by atoms with van der Waals surface area (Å²) < 4.78 is 47.9. The van der Waals surface area contributed by atoms with E-state index in [4.69, 9.17) is 15.1 Å². The number of halogens is 3. The van der Waals surface area contributed by atoms with Gasteiger partial charge in [-0.05, 0) is 6.42 Å². The number of rotatable bonds is 20. The summed E-state index contributed by atoms with van der Waals surface area (Å²) in [5.74, 6) is -2.16. The molecule has 0 aliphatic heterocycles. The van der Waals surface area contributed by atoms with Crippen molar-refractivity contribution in [2.75, 3.05) is 12.8 Å². The first-order chi connectivity index (χ1) is 21.7. The molecule has 0 spiro atoms. The monoisotopic (exact) mass is 646 g/mol. The summed E-state index contributed by atoms with van der Waals surface area (Å²) in [5, 5.41) is 1.81. The van der Waals surface area contributed by atoms with E-state index in [1.807, 2.05) is 18.2 Å². The molecule has 0 bridgehead atoms. The van der Waals surface area contributed by atoms with Crippen molar-refractivity contribution >= 4 is 34.7 Å². The number of nitrogens with two attached hydrogens (primary N) is 1. The number of hydrogen-bond donors (Lipinski definition) is 2. The fourth-order valence-corrected chi connectivity index (χ4v) is 11.8. The van der Waals surface area contributed by atoms with Crippen LogP contribution in [0.15, 0.2) is 91.0 Å². The van der Waals surface area contributed by atoms with E-state index >= 15 is 0 Å². The van der Waals surface area contributed by atoms with Crippen LogP contribution in [0.4, 0.5) is 18.0 Å². The maximum atomic E-state index is 14.0. The third-order valence-corrected chi connectivity index (χ3v) is 14.1. The molecule has 0 atom stereocenters. The van der Waals surface area contributed by atoms with Crippen LogP contribution in [0.3, 0.4) is 0 Å². The van der Waals surface area contributed by atoms with Gasteiger partial charge in [0.15, 0.2) is 0 Å². The Morgan fingerprint density at radius 2 is 0.956 bits per heavy atom. The number of benzene rings is 3. The second-order valence-electron chi connectivity index (χ2n) is 11.4. The van der Waals surface area contributed by atoms with E-state index < -0.39 is 25.0 Å². The molecule has 0 saturated carbocycles. The van der Waals surface area contributed by atoms with Crippen molar-refractivity contribution in [2.24, 2.45) is 5.73 Å². The zero-order valence-corrected chi connectivity index (χ0v) is 26.7. The van der Waals surface area contributed by atoms with Crippen molar-refractivity contribution in [1.29, 1.82) is 0 Å². The third-order valence-electron chi connectivity index (χ3n) is 8.18. The molecule has 0 aliphatic rings. The third kappa shape index (κ3) is 10.0. The van der Waals surface area contributed by atoms with Crippen LogP contribution in [-0.2, 0) is 14.2 Å². The van der Waals surface area contributed by atoms with Gasteiger partial charge in [-0.1, -0.05) is 0 Å². The van der Waals surface area contributed by atoms with Crippen molar-refractivity contribution in [3.05, 3.63) is 91.0 Å². The predicted octanol–water partition coefficient (Wildman–Crippen LogP) is 7.82. The van der Waals surface area contributed by atoms with Crippen LogP contribution in [-0.4, -0.2) is 30.9 Å². The normalized spacial score (nSPS) is 12.6. The molecule has 0 aliphatic carbocycles. The zero-order valence-electron chi connectivity index (χ0n) is 25.9. The molecule has 3 rings (SSSR count). The number of urea groups is 1. The molecule has 3 aromatic carbocycles. The Kier molecular flexibility index (Phi) is 14.3. The number of amides is 2. The van der Waals surface area contributed by atoms with E-state index in [0.29, 0.717) is 28.9 Å². The Bertz CT molecular complexity index is 1200. The molecule has 3 aromatic rings. The summed E-state index contributed by atoms with van der Waals surface area (Å²) in [7, 11) is 0. The van der Waals surface area contributed by atoms with Crippen LogP contribution in [0.1, 0.15) is 77.0 Å². The van der Waals surface area contributed by atoms with Gasteiger partial charge in [-0.15, -0.1) is 0 Å². The standard InChI is InChI=1S/C35H46F3N2O4P/c36-35(37,38)33(41)44-45(30-22-14-11-15-23-30,31-24-16-12-17-25-31,32-26-18-13-19-27-32)29-21-10-8-6-4-2-1-3-5-7-9-20-28-43-40-34(39)42/h11-19,22-27H,1-10,20-21,28-29H2,(H3,39,40,42). The number of carbonyl (C=O) groups is 2. The molecule has 6 nitrogen and oxygen atoms in total. The Hall–Kier alpha value is -3.42. The number of hydrogen-bond acceptors (Lipinski definition) is 4. The molecule has 0 aromatic heterocycles. The second-order valence-corrected chi connectivity index (χ2v) is 16.0. The molecule has 0 radical (unpaired) electrons. The van der Waals surface area contributed by atoms with Crippen LogP contribution in [0.2, 0.25) is 0 Å². The summed E-state index contributed by atoms with van der Waals surface area (Å²) in [4.78, 5) is 28.3. The number of alkyl halides is 3. The Morgan fingerprint density at radius 3 is 1.31 bits per heavy atom. The average Bonchev–Trinajstić information content (AvgIpc) is 3.04. The van der Waals surface area contributed by atoms with Gasteiger partial charge in [0.05, 0.1) is 6.61 Å². The van der Waals surface area contributed by atoms with Gasteiger partial charge in [-0.25, -0.2) is 10.3 Å².